The van der Waals surface area contributed by atoms with Crippen LogP contribution in [-0.4, -0.2) is 8.07 Å². The molecule has 0 bridgehead atoms. The first-order chi connectivity index (χ1) is 37.2. The van der Waals surface area contributed by atoms with E-state index < -0.39 is 13.5 Å². The summed E-state index contributed by atoms with van der Waals surface area (Å²) in [5.41, 5.74) is 20.3. The van der Waals surface area contributed by atoms with E-state index in [0.717, 1.165) is 17.1 Å². The summed E-state index contributed by atoms with van der Waals surface area (Å²) in [4.78, 5) is 2.45. The summed E-state index contributed by atoms with van der Waals surface area (Å²) in [6.07, 6.45) is 0. The molecule has 1 aliphatic heterocycles. The summed E-state index contributed by atoms with van der Waals surface area (Å²) < 4.78 is 0. The lowest BCUT2D eigenvalue weighted by molar-refractivity contribution is 0.769. The van der Waals surface area contributed by atoms with Crippen LogP contribution in [0.2, 0.25) is 0 Å². The summed E-state index contributed by atoms with van der Waals surface area (Å²) >= 11 is 0. The first-order valence-corrected chi connectivity index (χ1v) is 28.1. The molecule has 0 saturated heterocycles. The summed E-state index contributed by atoms with van der Waals surface area (Å²) in [5.74, 6) is 0. The first kappa shape index (κ1) is 44.4. The Morgan fingerprint density at radius 3 is 1.28 bits per heavy atom. The van der Waals surface area contributed by atoms with Crippen molar-refractivity contribution in [3.63, 3.8) is 0 Å². The molecular formula is C73H51NSi. The van der Waals surface area contributed by atoms with Gasteiger partial charge in [0, 0.05) is 17.1 Å². The fourth-order valence-corrected chi connectivity index (χ4v) is 18.1. The third kappa shape index (κ3) is 7.06. The normalized spacial score (nSPS) is 13.3. The molecule has 12 aromatic carbocycles. The smallest absolute Gasteiger partial charge is 0.180 e. The fraction of sp³-hybridized carbons (Fsp3) is 0.0137. The van der Waals surface area contributed by atoms with Gasteiger partial charge in [-0.2, -0.15) is 0 Å². The molecule has 0 amide bonds. The Kier molecular flexibility index (Phi) is 10.8. The van der Waals surface area contributed by atoms with Crippen LogP contribution < -0.4 is 25.6 Å². The van der Waals surface area contributed by atoms with Crippen molar-refractivity contribution in [2.45, 2.75) is 5.41 Å². The molecule has 1 heterocycles. The SMILES string of the molecule is c1ccc(-c2ccc(N(c3ccc(-c4ccc5c(c4)C(c4ccccc4)(c4ccccc4)c4cccc(-c6ccccc6)c4-5)cc3)c3cccc([Si]4(c5ccccc5)c5ccccc5-c5ccccc54)c3)cc2)cc1. The van der Waals surface area contributed by atoms with Gasteiger partial charge in [0.15, 0.2) is 8.07 Å². The fourth-order valence-electron chi connectivity index (χ4n) is 12.8. The number of hydrogen-bond acceptors (Lipinski definition) is 1. The summed E-state index contributed by atoms with van der Waals surface area (Å²) in [6.45, 7) is 0. The number of benzene rings is 12. The Bertz CT molecular complexity index is 3940. The lowest BCUT2D eigenvalue weighted by atomic mass is 9.67. The zero-order valence-corrected chi connectivity index (χ0v) is 42.4. The van der Waals surface area contributed by atoms with Crippen molar-refractivity contribution < 1.29 is 0 Å². The van der Waals surface area contributed by atoms with Crippen molar-refractivity contribution in [1.29, 1.82) is 0 Å². The number of nitrogens with zero attached hydrogens (tertiary/aromatic N) is 1. The summed E-state index contributed by atoms with van der Waals surface area (Å²) in [7, 11) is -2.75. The Balaban J connectivity index is 0.932. The van der Waals surface area contributed by atoms with Crippen LogP contribution >= 0.6 is 0 Å². The van der Waals surface area contributed by atoms with E-state index in [-0.39, 0.29) is 0 Å². The second-order valence-electron chi connectivity index (χ2n) is 19.9. The molecule has 75 heavy (non-hydrogen) atoms. The lowest BCUT2D eigenvalue weighted by Crippen LogP contribution is -2.72. The Morgan fingerprint density at radius 2 is 0.693 bits per heavy atom. The third-order valence-electron chi connectivity index (χ3n) is 16.0. The maximum Gasteiger partial charge on any atom is 0.180 e. The van der Waals surface area contributed by atoms with Gasteiger partial charge in [-0.3, -0.25) is 0 Å². The van der Waals surface area contributed by atoms with Crippen LogP contribution in [0.5, 0.6) is 0 Å². The standard InChI is InChI=1S/C73H51NSi/c1-6-22-52(23-7-1)53-40-45-59(46-41-53)74(61-30-20-33-63(51-61)75(62-31-14-5-15-32-62)70-38-18-16-34-65(70)66-35-17-19-39-71(66)75)60-47-42-54(43-48-60)56-44-49-67-69(50-56)73(57-26-10-3-11-27-57,58-28-12-4-13-29-58)68-37-21-36-64(72(67)68)55-24-8-2-9-25-55/h1-51H. The van der Waals surface area contributed by atoms with Crippen molar-refractivity contribution in [3.05, 3.63) is 332 Å². The number of rotatable bonds is 10. The van der Waals surface area contributed by atoms with E-state index in [1.807, 2.05) is 0 Å². The highest BCUT2D eigenvalue weighted by Crippen LogP contribution is 2.59. The second kappa shape index (κ2) is 18.3. The molecule has 0 saturated carbocycles. The van der Waals surface area contributed by atoms with E-state index in [1.54, 1.807) is 0 Å². The molecule has 2 aliphatic rings. The maximum absolute atomic E-state index is 2.75. The minimum absolute atomic E-state index is 0.539. The van der Waals surface area contributed by atoms with E-state index in [4.69, 9.17) is 0 Å². The zero-order valence-electron chi connectivity index (χ0n) is 41.4. The van der Waals surface area contributed by atoms with Crippen molar-refractivity contribution in [2.24, 2.45) is 0 Å². The van der Waals surface area contributed by atoms with Gasteiger partial charge in [-0.25, -0.2) is 0 Å². The molecule has 0 atom stereocenters. The van der Waals surface area contributed by atoms with E-state index in [9.17, 15) is 0 Å². The predicted molar refractivity (Wildman–Crippen MR) is 317 cm³/mol. The third-order valence-corrected chi connectivity index (χ3v) is 20.9. The summed E-state index contributed by atoms with van der Waals surface area (Å²) in [5, 5.41) is 5.63. The topological polar surface area (TPSA) is 3.24 Å². The van der Waals surface area contributed by atoms with Crippen LogP contribution in [-0.2, 0) is 5.41 Å². The van der Waals surface area contributed by atoms with Crippen LogP contribution in [0.4, 0.5) is 17.1 Å². The van der Waals surface area contributed by atoms with Gasteiger partial charge in [0.1, 0.15) is 0 Å². The highest BCUT2D eigenvalue weighted by atomic mass is 28.3. The predicted octanol–water partition coefficient (Wildman–Crippen LogP) is 15.9. The lowest BCUT2D eigenvalue weighted by Gasteiger charge is -2.34. The second-order valence-corrected chi connectivity index (χ2v) is 23.6. The van der Waals surface area contributed by atoms with E-state index in [0.29, 0.717) is 0 Å². The van der Waals surface area contributed by atoms with Gasteiger partial charge < -0.3 is 4.90 Å². The van der Waals surface area contributed by atoms with Crippen LogP contribution in [0.25, 0.3) is 55.6 Å². The highest BCUT2D eigenvalue weighted by Gasteiger charge is 2.49. The first-order valence-electron chi connectivity index (χ1n) is 26.1. The number of fused-ring (bicyclic) bond motifs is 6. The molecule has 352 valence electrons. The summed E-state index contributed by atoms with van der Waals surface area (Å²) in [6, 6.07) is 115. The number of anilines is 3. The van der Waals surface area contributed by atoms with E-state index in [1.165, 1.54) is 98.6 Å². The molecule has 0 N–H and O–H groups in total. The molecule has 1 aliphatic carbocycles. The van der Waals surface area contributed by atoms with E-state index >= 15 is 0 Å². The molecule has 0 aromatic heterocycles. The van der Waals surface area contributed by atoms with Crippen LogP contribution in [0.3, 0.4) is 0 Å². The minimum atomic E-state index is -2.75. The van der Waals surface area contributed by atoms with Gasteiger partial charge in [-0.1, -0.05) is 267 Å². The van der Waals surface area contributed by atoms with Gasteiger partial charge in [0.2, 0.25) is 0 Å². The molecule has 0 unspecified atom stereocenters. The average molecular weight is 970 g/mol. The molecule has 14 rings (SSSR count). The van der Waals surface area contributed by atoms with Gasteiger partial charge in [0.05, 0.1) is 5.41 Å². The monoisotopic (exact) mass is 969 g/mol. The van der Waals surface area contributed by atoms with Crippen LogP contribution in [0.15, 0.2) is 309 Å². The van der Waals surface area contributed by atoms with Crippen molar-refractivity contribution in [2.75, 3.05) is 4.90 Å². The number of hydrogen-bond donors (Lipinski definition) is 0. The average Bonchev–Trinajstić information content (AvgIpc) is 4.01. The molecular weight excluding hydrogens is 919 g/mol. The molecule has 1 nitrogen and oxygen atoms in total. The van der Waals surface area contributed by atoms with Gasteiger partial charge in [0.25, 0.3) is 0 Å². The largest absolute Gasteiger partial charge is 0.311 e. The van der Waals surface area contributed by atoms with Gasteiger partial charge in [-0.05, 0) is 141 Å². The van der Waals surface area contributed by atoms with Gasteiger partial charge >= 0.3 is 0 Å². The van der Waals surface area contributed by atoms with Crippen molar-refractivity contribution >= 4 is 45.9 Å². The van der Waals surface area contributed by atoms with Crippen molar-refractivity contribution in [3.8, 4) is 55.6 Å². The van der Waals surface area contributed by atoms with E-state index in [2.05, 4.69) is 314 Å². The minimum Gasteiger partial charge on any atom is -0.311 e. The molecule has 0 radical (unpaired) electrons. The molecule has 12 aromatic rings. The molecule has 0 fully saturated rings. The molecule has 0 spiro atoms. The Labute approximate surface area is 441 Å². The van der Waals surface area contributed by atoms with Crippen LogP contribution in [0, 0.1) is 0 Å². The van der Waals surface area contributed by atoms with Crippen LogP contribution in [0.1, 0.15) is 22.3 Å². The highest BCUT2D eigenvalue weighted by molar-refractivity contribution is 7.22. The Morgan fingerprint density at radius 1 is 0.253 bits per heavy atom. The Hall–Kier alpha value is -9.34. The maximum atomic E-state index is 2.49. The van der Waals surface area contributed by atoms with Gasteiger partial charge in [-0.15, -0.1) is 0 Å². The zero-order chi connectivity index (χ0) is 49.8. The van der Waals surface area contributed by atoms with Crippen molar-refractivity contribution in [1.82, 2.24) is 0 Å². The quantitative estimate of drug-likeness (QED) is 0.123. The molecule has 2 heteroatoms.